The summed E-state index contributed by atoms with van der Waals surface area (Å²) < 4.78 is 1.87. The van der Waals surface area contributed by atoms with E-state index in [1.165, 1.54) is 0 Å². The van der Waals surface area contributed by atoms with Gasteiger partial charge in [0.15, 0.2) is 0 Å². The van der Waals surface area contributed by atoms with Gasteiger partial charge in [-0.05, 0) is 51.2 Å². The second-order valence-corrected chi connectivity index (χ2v) is 8.38. The van der Waals surface area contributed by atoms with Gasteiger partial charge < -0.3 is 10.2 Å². The molecule has 0 unspecified atom stereocenters. The molecule has 0 saturated carbocycles. The lowest BCUT2D eigenvalue weighted by Crippen LogP contribution is -2.51. The third-order valence-electron chi connectivity index (χ3n) is 6.65. The van der Waals surface area contributed by atoms with E-state index in [1.807, 2.05) is 47.7 Å². The Bertz CT molecular complexity index is 878. The average Bonchev–Trinajstić information content (AvgIpc) is 3.40. The summed E-state index contributed by atoms with van der Waals surface area (Å²) in [5, 5.41) is 7.35. The minimum Gasteiger partial charge on any atom is -0.356 e. The summed E-state index contributed by atoms with van der Waals surface area (Å²) in [5.74, 6) is 0.239. The second kappa shape index (κ2) is 8.01. The predicted molar refractivity (Wildman–Crippen MR) is 111 cm³/mol. The number of nitrogens with zero attached hydrogens (tertiary/aromatic N) is 3. The third-order valence-corrected chi connectivity index (χ3v) is 6.65. The van der Waals surface area contributed by atoms with Crippen molar-refractivity contribution in [3.63, 3.8) is 0 Å². The van der Waals surface area contributed by atoms with E-state index in [2.05, 4.69) is 22.5 Å². The molecule has 3 atom stereocenters. The van der Waals surface area contributed by atoms with Crippen molar-refractivity contribution in [1.82, 2.24) is 20.0 Å². The maximum Gasteiger partial charge on any atom is 0.228 e. The SMILES string of the molecule is CCNC(=O)[C@]1(Cc2ccccc2)C[C@@H]2CC[C@H]1N2C(=O)CCn1nccc1C. The van der Waals surface area contributed by atoms with Gasteiger partial charge in [-0.25, -0.2) is 0 Å². The van der Waals surface area contributed by atoms with Crippen molar-refractivity contribution in [3.8, 4) is 0 Å². The Morgan fingerprint density at radius 1 is 1.21 bits per heavy atom. The molecule has 29 heavy (non-hydrogen) atoms. The van der Waals surface area contributed by atoms with Crippen LogP contribution in [0.4, 0.5) is 0 Å². The molecule has 6 nitrogen and oxygen atoms in total. The quantitative estimate of drug-likeness (QED) is 0.785. The first-order chi connectivity index (χ1) is 14.0. The monoisotopic (exact) mass is 394 g/mol. The fourth-order valence-corrected chi connectivity index (χ4v) is 5.33. The summed E-state index contributed by atoms with van der Waals surface area (Å²) >= 11 is 0. The molecule has 2 aliphatic rings. The maximum absolute atomic E-state index is 13.3. The van der Waals surface area contributed by atoms with E-state index in [0.717, 1.165) is 30.5 Å². The van der Waals surface area contributed by atoms with E-state index in [1.54, 1.807) is 6.20 Å². The van der Waals surface area contributed by atoms with Crippen molar-refractivity contribution in [2.45, 2.75) is 64.6 Å². The first-order valence-electron chi connectivity index (χ1n) is 10.7. The van der Waals surface area contributed by atoms with E-state index in [-0.39, 0.29) is 23.9 Å². The van der Waals surface area contributed by atoms with Crippen LogP contribution in [0.2, 0.25) is 0 Å². The summed E-state index contributed by atoms with van der Waals surface area (Å²) in [6.07, 6.45) is 5.52. The minimum absolute atomic E-state index is 0.0227. The second-order valence-electron chi connectivity index (χ2n) is 8.38. The van der Waals surface area contributed by atoms with E-state index in [0.29, 0.717) is 25.9 Å². The van der Waals surface area contributed by atoms with Crippen LogP contribution >= 0.6 is 0 Å². The highest BCUT2D eigenvalue weighted by Crippen LogP contribution is 2.52. The zero-order valence-electron chi connectivity index (χ0n) is 17.3. The lowest BCUT2D eigenvalue weighted by Gasteiger charge is -2.36. The average molecular weight is 395 g/mol. The molecule has 0 spiro atoms. The Labute approximate surface area is 172 Å². The van der Waals surface area contributed by atoms with Gasteiger partial charge in [0, 0.05) is 43.5 Å². The number of aryl methyl sites for hydroxylation is 2. The highest BCUT2D eigenvalue weighted by atomic mass is 16.2. The van der Waals surface area contributed by atoms with Crippen molar-refractivity contribution < 1.29 is 9.59 Å². The molecule has 2 aliphatic heterocycles. The molecule has 0 aliphatic carbocycles. The van der Waals surface area contributed by atoms with E-state index in [4.69, 9.17) is 0 Å². The van der Waals surface area contributed by atoms with Crippen LogP contribution in [0.25, 0.3) is 0 Å². The Morgan fingerprint density at radius 3 is 2.69 bits per heavy atom. The fourth-order valence-electron chi connectivity index (χ4n) is 5.33. The van der Waals surface area contributed by atoms with Crippen LogP contribution in [-0.4, -0.2) is 45.1 Å². The van der Waals surface area contributed by atoms with Gasteiger partial charge in [0.2, 0.25) is 11.8 Å². The number of fused-ring (bicyclic) bond motifs is 2. The highest BCUT2D eigenvalue weighted by molar-refractivity contribution is 5.87. The zero-order valence-corrected chi connectivity index (χ0v) is 17.3. The first kappa shape index (κ1) is 19.7. The smallest absolute Gasteiger partial charge is 0.228 e. The molecule has 1 aromatic heterocycles. The highest BCUT2D eigenvalue weighted by Gasteiger charge is 2.60. The summed E-state index contributed by atoms with van der Waals surface area (Å²) in [6, 6.07) is 12.3. The third kappa shape index (κ3) is 3.56. The number of carbonyl (C=O) groups excluding carboxylic acids is 2. The number of rotatable bonds is 7. The molecule has 2 bridgehead atoms. The molecular weight excluding hydrogens is 364 g/mol. The van der Waals surface area contributed by atoms with Crippen LogP contribution < -0.4 is 5.32 Å². The van der Waals surface area contributed by atoms with Gasteiger partial charge in [-0.3, -0.25) is 14.3 Å². The van der Waals surface area contributed by atoms with Gasteiger partial charge in [0.05, 0.1) is 5.41 Å². The molecule has 6 heteroatoms. The number of hydrogen-bond donors (Lipinski definition) is 1. The summed E-state index contributed by atoms with van der Waals surface area (Å²) in [5.41, 5.74) is 1.69. The number of benzene rings is 1. The summed E-state index contributed by atoms with van der Waals surface area (Å²) in [4.78, 5) is 28.5. The number of carbonyl (C=O) groups is 2. The Morgan fingerprint density at radius 2 is 2.00 bits per heavy atom. The molecule has 2 fully saturated rings. The summed E-state index contributed by atoms with van der Waals surface area (Å²) in [7, 11) is 0. The maximum atomic E-state index is 13.3. The van der Waals surface area contributed by atoms with Gasteiger partial charge in [0.1, 0.15) is 0 Å². The van der Waals surface area contributed by atoms with Crippen LogP contribution in [0.5, 0.6) is 0 Å². The molecule has 2 saturated heterocycles. The topological polar surface area (TPSA) is 67.2 Å². The number of hydrogen-bond acceptors (Lipinski definition) is 3. The van der Waals surface area contributed by atoms with Crippen LogP contribution in [0.15, 0.2) is 42.6 Å². The fraction of sp³-hybridized carbons (Fsp3) is 0.522. The Balaban J connectivity index is 1.55. The standard InChI is InChI=1S/C23H30N4O2/c1-3-24-22(29)23(15-18-7-5-4-6-8-18)16-19-9-10-20(23)27(19)21(28)12-14-26-17(2)11-13-25-26/h4-8,11,13,19-20H,3,9-10,12,14-16H2,1-2H3,(H,24,29)/t19-,20+,23+/m0/s1. The van der Waals surface area contributed by atoms with Crippen molar-refractivity contribution in [2.24, 2.45) is 5.41 Å². The number of amides is 2. The van der Waals surface area contributed by atoms with Gasteiger partial charge in [-0.15, -0.1) is 0 Å². The van der Waals surface area contributed by atoms with Crippen molar-refractivity contribution in [1.29, 1.82) is 0 Å². The molecule has 154 valence electrons. The minimum atomic E-state index is -0.530. The normalized spacial score (nSPS) is 25.4. The molecule has 2 aromatic rings. The van der Waals surface area contributed by atoms with E-state index in [9.17, 15) is 9.59 Å². The molecule has 1 aromatic carbocycles. The lowest BCUT2D eigenvalue weighted by atomic mass is 9.69. The molecule has 1 N–H and O–H groups in total. The van der Waals surface area contributed by atoms with Gasteiger partial charge in [0.25, 0.3) is 0 Å². The van der Waals surface area contributed by atoms with Crippen LogP contribution in [0, 0.1) is 12.3 Å². The molecule has 0 radical (unpaired) electrons. The Kier molecular flexibility index (Phi) is 5.43. The van der Waals surface area contributed by atoms with Gasteiger partial charge >= 0.3 is 0 Å². The van der Waals surface area contributed by atoms with Gasteiger partial charge in [-0.2, -0.15) is 5.10 Å². The molecule has 2 amide bonds. The van der Waals surface area contributed by atoms with Gasteiger partial charge in [-0.1, -0.05) is 30.3 Å². The lowest BCUT2D eigenvalue weighted by molar-refractivity contribution is -0.136. The number of nitrogens with one attached hydrogen (secondary N) is 1. The Hall–Kier alpha value is -2.63. The first-order valence-corrected chi connectivity index (χ1v) is 10.7. The van der Waals surface area contributed by atoms with Crippen LogP contribution in [0.1, 0.15) is 43.9 Å². The number of aromatic nitrogens is 2. The zero-order chi connectivity index (χ0) is 20.4. The largest absolute Gasteiger partial charge is 0.356 e. The van der Waals surface area contributed by atoms with Crippen molar-refractivity contribution in [3.05, 3.63) is 53.9 Å². The molecule has 3 heterocycles. The van der Waals surface area contributed by atoms with E-state index >= 15 is 0 Å². The predicted octanol–water partition coefficient (Wildman–Crippen LogP) is 2.71. The van der Waals surface area contributed by atoms with E-state index < -0.39 is 5.41 Å². The van der Waals surface area contributed by atoms with Crippen LogP contribution in [0.3, 0.4) is 0 Å². The van der Waals surface area contributed by atoms with Crippen LogP contribution in [-0.2, 0) is 22.6 Å². The molecular formula is C23H30N4O2. The molecule has 4 rings (SSSR count). The van der Waals surface area contributed by atoms with Crippen molar-refractivity contribution in [2.75, 3.05) is 6.54 Å². The summed E-state index contributed by atoms with van der Waals surface area (Å²) in [6.45, 7) is 5.15. The van der Waals surface area contributed by atoms with Crippen molar-refractivity contribution >= 4 is 11.8 Å².